The van der Waals surface area contributed by atoms with Gasteiger partial charge in [-0.2, -0.15) is 0 Å². The van der Waals surface area contributed by atoms with E-state index in [1.165, 1.54) is 24.2 Å². The monoisotopic (exact) mass is 453 g/mol. The lowest BCUT2D eigenvalue weighted by atomic mass is 9.81. The molecule has 0 spiro atoms. The molecule has 1 aliphatic carbocycles. The molecule has 1 fully saturated rings. The minimum absolute atomic E-state index is 0.0973. The molecule has 0 radical (unpaired) electrons. The normalized spacial score (nSPS) is 19.6. The summed E-state index contributed by atoms with van der Waals surface area (Å²) in [5.74, 6) is 1.73. The molecule has 1 aromatic carbocycles. The number of nitrogens with one attached hydrogen (secondary N) is 1. The fraction of sp³-hybridized carbons (Fsp3) is 0.696. The summed E-state index contributed by atoms with van der Waals surface area (Å²) in [6.07, 6.45) is 4.91. The van der Waals surface area contributed by atoms with Crippen LogP contribution in [0.25, 0.3) is 0 Å². The molecule has 2 rings (SSSR count). The Morgan fingerprint density at radius 3 is 2.32 bits per heavy atom. The van der Waals surface area contributed by atoms with Crippen LogP contribution in [0.2, 0.25) is 0 Å². The fourth-order valence-corrected chi connectivity index (χ4v) is 6.16. The molecule has 0 heterocycles. The molecule has 0 aromatic heterocycles. The number of hydrogen-bond acceptors (Lipinski definition) is 5. The van der Waals surface area contributed by atoms with E-state index in [-0.39, 0.29) is 23.8 Å². The molecule has 31 heavy (non-hydrogen) atoms. The summed E-state index contributed by atoms with van der Waals surface area (Å²) >= 11 is 0. The van der Waals surface area contributed by atoms with Gasteiger partial charge in [0.2, 0.25) is 15.9 Å². The summed E-state index contributed by atoms with van der Waals surface area (Å²) in [6, 6.07) is 3.43. The SMILES string of the molecule is COc1cc(C)c(S(=O)(=O)N(C)CCC(=O)NCC2CCCC(CN(C)C)C2)c(C)c1. The van der Waals surface area contributed by atoms with Crippen LogP contribution in [-0.2, 0) is 14.8 Å². The Hall–Kier alpha value is -1.64. The third kappa shape index (κ3) is 7.19. The van der Waals surface area contributed by atoms with Crippen LogP contribution < -0.4 is 10.1 Å². The number of nitrogens with zero attached hydrogens (tertiary/aromatic N) is 2. The highest BCUT2D eigenvalue weighted by Crippen LogP contribution is 2.29. The Kier molecular flexibility index (Phi) is 9.33. The van der Waals surface area contributed by atoms with Crippen LogP contribution in [0.3, 0.4) is 0 Å². The molecule has 7 nitrogen and oxygen atoms in total. The van der Waals surface area contributed by atoms with Gasteiger partial charge in [-0.15, -0.1) is 0 Å². The van der Waals surface area contributed by atoms with E-state index in [0.29, 0.717) is 35.3 Å². The van der Waals surface area contributed by atoms with E-state index in [9.17, 15) is 13.2 Å². The zero-order chi connectivity index (χ0) is 23.2. The van der Waals surface area contributed by atoms with Crippen LogP contribution in [0.15, 0.2) is 17.0 Å². The van der Waals surface area contributed by atoms with Gasteiger partial charge in [0.05, 0.1) is 12.0 Å². The maximum absolute atomic E-state index is 13.1. The highest BCUT2D eigenvalue weighted by Gasteiger charge is 2.26. The number of methoxy groups -OCH3 is 1. The Morgan fingerprint density at radius 2 is 1.74 bits per heavy atom. The highest BCUT2D eigenvalue weighted by molar-refractivity contribution is 7.89. The van der Waals surface area contributed by atoms with Crippen molar-refractivity contribution in [3.8, 4) is 5.75 Å². The molecule has 2 atom stereocenters. The third-order valence-electron chi connectivity index (χ3n) is 6.09. The molecule has 1 aliphatic rings. The summed E-state index contributed by atoms with van der Waals surface area (Å²) in [7, 11) is 3.61. The zero-order valence-electron chi connectivity index (χ0n) is 19.9. The lowest BCUT2D eigenvalue weighted by molar-refractivity contribution is -0.121. The standard InChI is InChI=1S/C23H39N3O4S/c1-17-12-21(30-6)13-18(2)23(17)31(28,29)26(5)11-10-22(27)24-15-19-8-7-9-20(14-19)16-25(3)4/h12-13,19-20H,7-11,14-16H2,1-6H3,(H,24,27). The zero-order valence-corrected chi connectivity index (χ0v) is 20.7. The number of aryl methyl sites for hydroxylation is 2. The summed E-state index contributed by atoms with van der Waals surface area (Å²) in [5, 5.41) is 3.02. The Morgan fingerprint density at radius 1 is 1.13 bits per heavy atom. The van der Waals surface area contributed by atoms with E-state index in [1.807, 2.05) is 0 Å². The van der Waals surface area contributed by atoms with E-state index in [4.69, 9.17) is 4.74 Å². The van der Waals surface area contributed by atoms with Crippen molar-refractivity contribution in [1.82, 2.24) is 14.5 Å². The van der Waals surface area contributed by atoms with E-state index in [0.717, 1.165) is 19.4 Å². The minimum Gasteiger partial charge on any atom is -0.497 e. The van der Waals surface area contributed by atoms with Gasteiger partial charge in [0.25, 0.3) is 0 Å². The average Bonchev–Trinajstić information content (AvgIpc) is 2.69. The van der Waals surface area contributed by atoms with E-state index in [2.05, 4.69) is 24.3 Å². The molecular weight excluding hydrogens is 414 g/mol. The van der Waals surface area contributed by atoms with Gasteiger partial charge in [0, 0.05) is 33.1 Å². The molecule has 8 heteroatoms. The molecule has 1 saturated carbocycles. The number of ether oxygens (including phenoxy) is 1. The maximum Gasteiger partial charge on any atom is 0.243 e. The summed E-state index contributed by atoms with van der Waals surface area (Å²) in [6.45, 7) is 5.44. The molecule has 176 valence electrons. The summed E-state index contributed by atoms with van der Waals surface area (Å²) in [5.41, 5.74) is 1.27. The van der Waals surface area contributed by atoms with Crippen molar-refractivity contribution in [3.05, 3.63) is 23.3 Å². The van der Waals surface area contributed by atoms with Crippen LogP contribution in [-0.4, -0.2) is 71.4 Å². The second-order valence-electron chi connectivity index (χ2n) is 9.13. The first-order valence-corrected chi connectivity index (χ1v) is 12.5. The van der Waals surface area contributed by atoms with Gasteiger partial charge < -0.3 is 15.0 Å². The van der Waals surface area contributed by atoms with Crippen molar-refractivity contribution >= 4 is 15.9 Å². The van der Waals surface area contributed by atoms with Crippen molar-refractivity contribution in [3.63, 3.8) is 0 Å². The van der Waals surface area contributed by atoms with Gasteiger partial charge in [-0.3, -0.25) is 4.79 Å². The van der Waals surface area contributed by atoms with Crippen molar-refractivity contribution in [2.24, 2.45) is 11.8 Å². The number of carbonyl (C=O) groups excluding carboxylic acids is 1. The van der Waals surface area contributed by atoms with Crippen molar-refractivity contribution in [2.75, 3.05) is 47.9 Å². The maximum atomic E-state index is 13.1. The molecule has 0 saturated heterocycles. The largest absolute Gasteiger partial charge is 0.497 e. The third-order valence-corrected chi connectivity index (χ3v) is 8.26. The number of amides is 1. The second kappa shape index (κ2) is 11.3. The molecule has 1 aromatic rings. The molecule has 2 unspecified atom stereocenters. The number of carbonyl (C=O) groups is 1. The van der Waals surface area contributed by atoms with Gasteiger partial charge in [-0.05, 0) is 82.3 Å². The Labute approximate surface area is 188 Å². The van der Waals surface area contributed by atoms with Gasteiger partial charge >= 0.3 is 0 Å². The van der Waals surface area contributed by atoms with Crippen LogP contribution >= 0.6 is 0 Å². The van der Waals surface area contributed by atoms with Gasteiger partial charge in [-0.25, -0.2) is 12.7 Å². The molecule has 1 N–H and O–H groups in total. The number of sulfonamides is 1. The van der Waals surface area contributed by atoms with Crippen LogP contribution in [0, 0.1) is 25.7 Å². The Balaban J connectivity index is 1.87. The van der Waals surface area contributed by atoms with Crippen LogP contribution in [0.4, 0.5) is 0 Å². The average molecular weight is 454 g/mol. The molecule has 0 bridgehead atoms. The van der Waals surface area contributed by atoms with Gasteiger partial charge in [0.15, 0.2) is 0 Å². The molecule has 0 aliphatic heterocycles. The van der Waals surface area contributed by atoms with E-state index >= 15 is 0 Å². The van der Waals surface area contributed by atoms with Crippen molar-refractivity contribution in [2.45, 2.75) is 50.8 Å². The topological polar surface area (TPSA) is 79.0 Å². The number of hydrogen-bond donors (Lipinski definition) is 1. The molecule has 1 amide bonds. The predicted octanol–water partition coefficient (Wildman–Crippen LogP) is 2.81. The Bertz CT molecular complexity index is 831. The fourth-order valence-electron chi connectivity index (χ4n) is 4.59. The predicted molar refractivity (Wildman–Crippen MR) is 124 cm³/mol. The van der Waals surface area contributed by atoms with Crippen LogP contribution in [0.5, 0.6) is 5.75 Å². The van der Waals surface area contributed by atoms with Crippen molar-refractivity contribution < 1.29 is 17.9 Å². The highest BCUT2D eigenvalue weighted by atomic mass is 32.2. The first-order chi connectivity index (χ1) is 14.5. The number of rotatable bonds is 10. The van der Waals surface area contributed by atoms with Gasteiger partial charge in [0.1, 0.15) is 5.75 Å². The van der Waals surface area contributed by atoms with E-state index < -0.39 is 10.0 Å². The van der Waals surface area contributed by atoms with E-state index in [1.54, 1.807) is 33.1 Å². The quantitative estimate of drug-likeness (QED) is 0.589. The summed E-state index contributed by atoms with van der Waals surface area (Å²) in [4.78, 5) is 14.9. The van der Waals surface area contributed by atoms with Crippen molar-refractivity contribution in [1.29, 1.82) is 0 Å². The first-order valence-electron chi connectivity index (χ1n) is 11.1. The first kappa shape index (κ1) is 25.6. The smallest absolute Gasteiger partial charge is 0.243 e. The molecular formula is C23H39N3O4S. The van der Waals surface area contributed by atoms with Crippen LogP contribution in [0.1, 0.15) is 43.2 Å². The second-order valence-corrected chi connectivity index (χ2v) is 11.1. The summed E-state index contributed by atoms with van der Waals surface area (Å²) < 4.78 is 32.6. The minimum atomic E-state index is -3.68. The van der Waals surface area contributed by atoms with Gasteiger partial charge in [-0.1, -0.05) is 6.42 Å². The lowest BCUT2D eigenvalue weighted by Gasteiger charge is -2.31. The lowest BCUT2D eigenvalue weighted by Crippen LogP contribution is -2.36. The number of benzene rings is 1.